The van der Waals surface area contributed by atoms with Gasteiger partial charge in [0.05, 0.1) is 6.04 Å². The van der Waals surface area contributed by atoms with Gasteiger partial charge in [-0.15, -0.1) is 0 Å². The molecule has 2 aromatic rings. The second-order valence-electron chi connectivity index (χ2n) is 8.93. The second kappa shape index (κ2) is 8.17. The van der Waals surface area contributed by atoms with Gasteiger partial charge in [-0.2, -0.15) is 0 Å². The summed E-state index contributed by atoms with van der Waals surface area (Å²) in [4.78, 5) is 39.5. The van der Waals surface area contributed by atoms with Crippen molar-refractivity contribution in [2.45, 2.75) is 57.5 Å². The van der Waals surface area contributed by atoms with Gasteiger partial charge in [-0.05, 0) is 54.4 Å². The molecule has 0 unspecified atom stereocenters. The molecule has 1 saturated heterocycles. The Balaban J connectivity index is 1.46. The van der Waals surface area contributed by atoms with Crippen molar-refractivity contribution in [2.75, 3.05) is 6.54 Å². The summed E-state index contributed by atoms with van der Waals surface area (Å²) in [6, 6.07) is 15.1. The van der Waals surface area contributed by atoms with Gasteiger partial charge in [-0.1, -0.05) is 62.4 Å². The first-order valence-electron chi connectivity index (χ1n) is 10.9. The monoisotopic (exact) mass is 419 g/mol. The van der Waals surface area contributed by atoms with Crippen molar-refractivity contribution in [3.05, 3.63) is 70.8 Å². The van der Waals surface area contributed by atoms with Gasteiger partial charge in [-0.3, -0.25) is 14.5 Å². The van der Waals surface area contributed by atoms with E-state index < -0.39 is 17.5 Å². The maximum absolute atomic E-state index is 13.1. The van der Waals surface area contributed by atoms with Gasteiger partial charge >= 0.3 is 6.03 Å². The molecule has 31 heavy (non-hydrogen) atoms. The fourth-order valence-corrected chi connectivity index (χ4v) is 4.53. The number of hydrogen-bond acceptors (Lipinski definition) is 3. The zero-order valence-electron chi connectivity index (χ0n) is 18.3. The number of aryl methyl sites for hydroxylation is 1. The first-order valence-corrected chi connectivity index (χ1v) is 10.9. The van der Waals surface area contributed by atoms with Gasteiger partial charge in [0.1, 0.15) is 12.1 Å². The van der Waals surface area contributed by atoms with Crippen LogP contribution in [0.5, 0.6) is 0 Å². The summed E-state index contributed by atoms with van der Waals surface area (Å²) >= 11 is 0. The SMILES string of the molecule is CC(C)c1ccc([C@]2(C)NC(=O)N(CC(=O)N[C@H]3CCCc4ccccc43)C2=O)cc1. The maximum Gasteiger partial charge on any atom is 0.325 e. The summed E-state index contributed by atoms with van der Waals surface area (Å²) in [6.07, 6.45) is 2.85. The van der Waals surface area contributed by atoms with Crippen molar-refractivity contribution in [2.24, 2.45) is 0 Å². The first kappa shape index (κ1) is 21.1. The minimum atomic E-state index is -1.18. The van der Waals surface area contributed by atoms with E-state index in [2.05, 4.69) is 30.5 Å². The van der Waals surface area contributed by atoms with Crippen LogP contribution in [-0.2, 0) is 21.5 Å². The minimum absolute atomic E-state index is 0.0897. The molecule has 2 N–H and O–H groups in total. The Kier molecular flexibility index (Phi) is 5.56. The molecule has 2 aliphatic rings. The van der Waals surface area contributed by atoms with E-state index in [9.17, 15) is 14.4 Å². The van der Waals surface area contributed by atoms with Gasteiger partial charge < -0.3 is 10.6 Å². The number of carbonyl (C=O) groups excluding carboxylic acids is 3. The molecule has 6 nitrogen and oxygen atoms in total. The molecular weight excluding hydrogens is 390 g/mol. The fourth-order valence-electron chi connectivity index (χ4n) is 4.53. The number of hydrogen-bond donors (Lipinski definition) is 2. The molecule has 4 amide bonds. The van der Waals surface area contributed by atoms with Gasteiger partial charge in [0, 0.05) is 0 Å². The van der Waals surface area contributed by atoms with Crippen LogP contribution in [0.3, 0.4) is 0 Å². The minimum Gasteiger partial charge on any atom is -0.348 e. The van der Waals surface area contributed by atoms with E-state index in [0.717, 1.165) is 35.3 Å². The van der Waals surface area contributed by atoms with Crippen LogP contribution >= 0.6 is 0 Å². The van der Waals surface area contributed by atoms with Crippen molar-refractivity contribution < 1.29 is 14.4 Å². The molecular formula is C25H29N3O3. The summed E-state index contributed by atoms with van der Waals surface area (Å²) in [5.74, 6) is -0.362. The Labute approximate surface area is 183 Å². The van der Waals surface area contributed by atoms with Gasteiger partial charge in [0.25, 0.3) is 5.91 Å². The summed E-state index contributed by atoms with van der Waals surface area (Å²) in [7, 11) is 0. The highest BCUT2D eigenvalue weighted by Crippen LogP contribution is 2.31. The van der Waals surface area contributed by atoms with Crippen molar-refractivity contribution in [3.8, 4) is 0 Å². The Morgan fingerprint density at radius 3 is 2.58 bits per heavy atom. The summed E-state index contributed by atoms with van der Waals surface area (Å²) in [5, 5.41) is 5.79. The van der Waals surface area contributed by atoms with Crippen LogP contribution in [0.15, 0.2) is 48.5 Å². The predicted molar refractivity (Wildman–Crippen MR) is 118 cm³/mol. The van der Waals surface area contributed by atoms with Crippen molar-refractivity contribution in [1.82, 2.24) is 15.5 Å². The molecule has 1 aliphatic heterocycles. The van der Waals surface area contributed by atoms with E-state index in [1.807, 2.05) is 42.5 Å². The van der Waals surface area contributed by atoms with Crippen LogP contribution in [0.1, 0.15) is 67.8 Å². The number of nitrogens with zero attached hydrogens (tertiary/aromatic N) is 1. The highest BCUT2D eigenvalue weighted by molar-refractivity contribution is 6.09. The fraction of sp³-hybridized carbons (Fsp3) is 0.400. The lowest BCUT2D eigenvalue weighted by Crippen LogP contribution is -2.44. The van der Waals surface area contributed by atoms with Crippen molar-refractivity contribution in [1.29, 1.82) is 0 Å². The molecule has 162 valence electrons. The van der Waals surface area contributed by atoms with E-state index in [1.165, 1.54) is 5.56 Å². The van der Waals surface area contributed by atoms with Crippen LogP contribution in [0.2, 0.25) is 0 Å². The van der Waals surface area contributed by atoms with Crippen molar-refractivity contribution in [3.63, 3.8) is 0 Å². The Morgan fingerprint density at radius 1 is 1.16 bits per heavy atom. The number of nitrogens with one attached hydrogen (secondary N) is 2. The molecule has 1 aliphatic carbocycles. The molecule has 0 saturated carbocycles. The molecule has 2 aromatic carbocycles. The summed E-state index contributed by atoms with van der Waals surface area (Å²) in [6.45, 7) is 5.60. The number of amides is 4. The molecule has 0 spiro atoms. The Hall–Kier alpha value is -3.15. The molecule has 0 aromatic heterocycles. The lowest BCUT2D eigenvalue weighted by Gasteiger charge is -2.27. The number of benzene rings is 2. The zero-order chi connectivity index (χ0) is 22.2. The standard InChI is InChI=1S/C25H29N3O3/c1-16(2)17-11-13-19(14-12-17)25(3)23(30)28(24(31)27-25)15-22(29)26-21-10-6-8-18-7-4-5-9-20(18)21/h4-5,7,9,11-14,16,21H,6,8,10,15H2,1-3H3,(H,26,29)(H,27,31)/t21-,25-/m0/s1. The largest absolute Gasteiger partial charge is 0.348 e. The van der Waals surface area contributed by atoms with Gasteiger partial charge in [0.2, 0.25) is 5.91 Å². The maximum atomic E-state index is 13.1. The molecule has 2 atom stereocenters. The highest BCUT2D eigenvalue weighted by Gasteiger charge is 2.49. The number of fused-ring (bicyclic) bond motifs is 1. The molecule has 1 fully saturated rings. The average Bonchev–Trinajstić information content (AvgIpc) is 2.98. The smallest absolute Gasteiger partial charge is 0.325 e. The Bertz CT molecular complexity index is 1010. The van der Waals surface area contributed by atoms with Crippen LogP contribution in [0.4, 0.5) is 4.79 Å². The van der Waals surface area contributed by atoms with Crippen LogP contribution < -0.4 is 10.6 Å². The molecule has 6 heteroatoms. The van der Waals surface area contributed by atoms with E-state index in [4.69, 9.17) is 0 Å². The molecule has 0 radical (unpaired) electrons. The topological polar surface area (TPSA) is 78.5 Å². The third kappa shape index (κ3) is 3.94. The van der Waals surface area contributed by atoms with Crippen LogP contribution in [0.25, 0.3) is 0 Å². The Morgan fingerprint density at radius 2 is 1.87 bits per heavy atom. The lowest BCUT2D eigenvalue weighted by atomic mass is 9.88. The van der Waals surface area contributed by atoms with Crippen LogP contribution in [-0.4, -0.2) is 29.3 Å². The summed E-state index contributed by atoms with van der Waals surface area (Å²) < 4.78 is 0. The van der Waals surface area contributed by atoms with E-state index in [1.54, 1.807) is 6.92 Å². The van der Waals surface area contributed by atoms with E-state index in [-0.39, 0.29) is 18.5 Å². The third-order valence-corrected chi connectivity index (χ3v) is 6.44. The van der Waals surface area contributed by atoms with E-state index in [0.29, 0.717) is 11.5 Å². The van der Waals surface area contributed by atoms with Crippen molar-refractivity contribution >= 4 is 17.8 Å². The first-order chi connectivity index (χ1) is 14.8. The number of imide groups is 1. The van der Waals surface area contributed by atoms with Gasteiger partial charge in [-0.25, -0.2) is 4.79 Å². The number of urea groups is 1. The van der Waals surface area contributed by atoms with Crippen LogP contribution in [0, 0.1) is 0 Å². The lowest BCUT2D eigenvalue weighted by molar-refractivity contribution is -0.135. The molecule has 1 heterocycles. The third-order valence-electron chi connectivity index (χ3n) is 6.44. The normalized spacial score (nSPS) is 23.0. The molecule has 4 rings (SSSR count). The second-order valence-corrected chi connectivity index (χ2v) is 8.93. The summed E-state index contributed by atoms with van der Waals surface area (Å²) in [5.41, 5.74) is 3.05. The van der Waals surface area contributed by atoms with E-state index >= 15 is 0 Å². The highest BCUT2D eigenvalue weighted by atomic mass is 16.2. The number of carbonyl (C=O) groups is 3. The predicted octanol–water partition coefficient (Wildman–Crippen LogP) is 3.77. The number of rotatable bonds is 5. The van der Waals surface area contributed by atoms with Gasteiger partial charge in [0.15, 0.2) is 0 Å². The zero-order valence-corrected chi connectivity index (χ0v) is 18.3. The average molecular weight is 420 g/mol. The molecule has 0 bridgehead atoms. The quantitative estimate of drug-likeness (QED) is 0.724.